The van der Waals surface area contributed by atoms with Gasteiger partial charge >= 0.3 is 0 Å². The monoisotopic (exact) mass is 189 g/mol. The van der Waals surface area contributed by atoms with Gasteiger partial charge in [0.05, 0.1) is 13.7 Å². The lowest BCUT2D eigenvalue weighted by Gasteiger charge is -2.15. The minimum Gasteiger partial charge on any atom is -0.500 e. The second kappa shape index (κ2) is 4.29. The Hall–Kier alpha value is -1.28. The molecule has 0 saturated heterocycles. The van der Waals surface area contributed by atoms with Gasteiger partial charge < -0.3 is 4.74 Å². The van der Waals surface area contributed by atoms with E-state index < -0.39 is 0 Å². The van der Waals surface area contributed by atoms with Crippen LogP contribution in [0.3, 0.4) is 0 Å². The lowest BCUT2D eigenvalue weighted by Crippen LogP contribution is -2.20. The molecule has 0 N–H and O–H groups in total. The molecule has 1 aliphatic rings. The molecule has 1 heterocycles. The van der Waals surface area contributed by atoms with E-state index in [1.54, 1.807) is 7.11 Å². The van der Waals surface area contributed by atoms with Crippen molar-refractivity contribution in [3.05, 3.63) is 47.7 Å². The molecule has 0 saturated carbocycles. The second-order valence-corrected chi connectivity index (χ2v) is 3.53. The van der Waals surface area contributed by atoms with E-state index >= 15 is 0 Å². The molecule has 0 amide bonds. The lowest BCUT2D eigenvalue weighted by atomic mass is 10.2. The van der Waals surface area contributed by atoms with Crippen molar-refractivity contribution in [1.82, 2.24) is 4.90 Å². The van der Waals surface area contributed by atoms with Gasteiger partial charge in [0, 0.05) is 13.1 Å². The average Bonchev–Trinajstić information content (AvgIpc) is 2.67. The van der Waals surface area contributed by atoms with Crippen molar-refractivity contribution in [3.63, 3.8) is 0 Å². The first-order valence-corrected chi connectivity index (χ1v) is 4.88. The maximum absolute atomic E-state index is 5.20. The van der Waals surface area contributed by atoms with E-state index in [1.807, 2.05) is 6.07 Å². The molecule has 0 bridgehead atoms. The van der Waals surface area contributed by atoms with Crippen LogP contribution in [0.4, 0.5) is 0 Å². The van der Waals surface area contributed by atoms with Crippen LogP contribution in [0.1, 0.15) is 5.56 Å². The first kappa shape index (κ1) is 9.28. The topological polar surface area (TPSA) is 12.5 Å². The first-order valence-electron chi connectivity index (χ1n) is 4.88. The fourth-order valence-corrected chi connectivity index (χ4v) is 1.69. The highest BCUT2D eigenvalue weighted by Gasteiger charge is 2.13. The fourth-order valence-electron chi connectivity index (χ4n) is 1.69. The highest BCUT2D eigenvalue weighted by Crippen LogP contribution is 2.12. The van der Waals surface area contributed by atoms with Gasteiger partial charge in [-0.3, -0.25) is 4.90 Å². The molecular weight excluding hydrogens is 174 g/mol. The Morgan fingerprint density at radius 3 is 2.71 bits per heavy atom. The molecule has 0 spiro atoms. The van der Waals surface area contributed by atoms with Crippen molar-refractivity contribution >= 4 is 0 Å². The van der Waals surface area contributed by atoms with Gasteiger partial charge in [0.2, 0.25) is 0 Å². The Morgan fingerprint density at radius 2 is 2.07 bits per heavy atom. The molecule has 14 heavy (non-hydrogen) atoms. The zero-order chi connectivity index (χ0) is 9.80. The summed E-state index contributed by atoms with van der Waals surface area (Å²) >= 11 is 0. The van der Waals surface area contributed by atoms with Gasteiger partial charge in [-0.05, 0) is 11.6 Å². The van der Waals surface area contributed by atoms with Crippen LogP contribution in [-0.4, -0.2) is 25.1 Å². The third kappa shape index (κ3) is 2.15. The van der Waals surface area contributed by atoms with Gasteiger partial charge in [-0.2, -0.15) is 0 Å². The van der Waals surface area contributed by atoms with Crippen LogP contribution in [0.15, 0.2) is 42.2 Å². The zero-order valence-electron chi connectivity index (χ0n) is 8.44. The quantitative estimate of drug-likeness (QED) is 0.721. The highest BCUT2D eigenvalue weighted by molar-refractivity contribution is 5.16. The van der Waals surface area contributed by atoms with E-state index in [0.717, 1.165) is 25.4 Å². The van der Waals surface area contributed by atoms with Gasteiger partial charge in [0.25, 0.3) is 0 Å². The minimum atomic E-state index is 0.936. The molecule has 2 rings (SSSR count). The third-order valence-electron chi connectivity index (χ3n) is 2.47. The summed E-state index contributed by atoms with van der Waals surface area (Å²) in [4.78, 5) is 2.36. The molecule has 1 aliphatic heterocycles. The standard InChI is InChI=1S/C12H15NO/c1-14-12-7-8-13(10-12)9-11-5-3-2-4-6-11/h2-7H,8-10H2,1H3. The Bertz CT molecular complexity index is 318. The minimum absolute atomic E-state index is 0.936. The smallest absolute Gasteiger partial charge is 0.107 e. The molecule has 0 unspecified atom stereocenters. The molecule has 74 valence electrons. The van der Waals surface area contributed by atoms with Crippen molar-refractivity contribution < 1.29 is 4.74 Å². The van der Waals surface area contributed by atoms with E-state index in [4.69, 9.17) is 4.74 Å². The Morgan fingerprint density at radius 1 is 1.29 bits per heavy atom. The van der Waals surface area contributed by atoms with Crippen molar-refractivity contribution in [2.24, 2.45) is 0 Å². The molecular formula is C12H15NO. The molecule has 1 aromatic carbocycles. The van der Waals surface area contributed by atoms with E-state index in [0.29, 0.717) is 0 Å². The molecule has 1 aromatic rings. The summed E-state index contributed by atoms with van der Waals surface area (Å²) in [5.74, 6) is 1.08. The summed E-state index contributed by atoms with van der Waals surface area (Å²) < 4.78 is 5.20. The molecule has 0 radical (unpaired) electrons. The first-order chi connectivity index (χ1) is 6.88. The lowest BCUT2D eigenvalue weighted by molar-refractivity contribution is 0.246. The average molecular weight is 189 g/mol. The highest BCUT2D eigenvalue weighted by atomic mass is 16.5. The predicted molar refractivity (Wildman–Crippen MR) is 56.8 cm³/mol. The Kier molecular flexibility index (Phi) is 2.84. The molecule has 0 atom stereocenters. The number of benzene rings is 1. The van der Waals surface area contributed by atoms with Gasteiger partial charge in [0.15, 0.2) is 0 Å². The summed E-state index contributed by atoms with van der Waals surface area (Å²) in [6, 6.07) is 10.5. The largest absolute Gasteiger partial charge is 0.500 e. The van der Waals surface area contributed by atoms with Crippen LogP contribution in [0.5, 0.6) is 0 Å². The van der Waals surface area contributed by atoms with Gasteiger partial charge in [-0.25, -0.2) is 0 Å². The third-order valence-corrected chi connectivity index (χ3v) is 2.47. The van der Waals surface area contributed by atoms with Crippen LogP contribution in [0.25, 0.3) is 0 Å². The van der Waals surface area contributed by atoms with E-state index in [1.165, 1.54) is 5.56 Å². The predicted octanol–water partition coefficient (Wildman–Crippen LogP) is 2.03. The van der Waals surface area contributed by atoms with E-state index in [-0.39, 0.29) is 0 Å². The Balaban J connectivity index is 1.90. The normalized spacial score (nSPS) is 16.8. The SMILES string of the molecule is COC1=CCN(Cc2ccccc2)C1. The van der Waals surface area contributed by atoms with Crippen LogP contribution in [0, 0.1) is 0 Å². The van der Waals surface area contributed by atoms with Crippen LogP contribution in [-0.2, 0) is 11.3 Å². The van der Waals surface area contributed by atoms with Crippen LogP contribution in [0.2, 0.25) is 0 Å². The maximum atomic E-state index is 5.20. The molecule has 2 heteroatoms. The number of hydrogen-bond acceptors (Lipinski definition) is 2. The number of methoxy groups -OCH3 is 1. The number of rotatable bonds is 3. The van der Waals surface area contributed by atoms with Crippen LogP contribution < -0.4 is 0 Å². The summed E-state index contributed by atoms with van der Waals surface area (Å²) in [5.41, 5.74) is 1.36. The van der Waals surface area contributed by atoms with Gasteiger partial charge in [-0.1, -0.05) is 30.3 Å². The zero-order valence-corrected chi connectivity index (χ0v) is 8.44. The molecule has 0 fully saturated rings. The fraction of sp³-hybridized carbons (Fsp3) is 0.333. The van der Waals surface area contributed by atoms with Crippen molar-refractivity contribution in [2.75, 3.05) is 20.2 Å². The van der Waals surface area contributed by atoms with Gasteiger partial charge in [-0.15, -0.1) is 0 Å². The summed E-state index contributed by atoms with van der Waals surface area (Å²) in [6.45, 7) is 2.94. The van der Waals surface area contributed by atoms with E-state index in [9.17, 15) is 0 Å². The molecule has 2 nitrogen and oxygen atoms in total. The summed E-state index contributed by atoms with van der Waals surface area (Å²) in [6.07, 6.45) is 2.14. The summed E-state index contributed by atoms with van der Waals surface area (Å²) in [7, 11) is 1.73. The number of ether oxygens (including phenoxy) is 1. The second-order valence-electron chi connectivity index (χ2n) is 3.53. The molecule has 0 aromatic heterocycles. The maximum Gasteiger partial charge on any atom is 0.107 e. The van der Waals surface area contributed by atoms with Crippen molar-refractivity contribution in [2.45, 2.75) is 6.54 Å². The number of hydrogen-bond donors (Lipinski definition) is 0. The van der Waals surface area contributed by atoms with Crippen molar-refractivity contribution in [1.29, 1.82) is 0 Å². The summed E-state index contributed by atoms with van der Waals surface area (Å²) in [5, 5.41) is 0. The van der Waals surface area contributed by atoms with Crippen molar-refractivity contribution in [3.8, 4) is 0 Å². The number of nitrogens with zero attached hydrogens (tertiary/aromatic N) is 1. The molecule has 0 aliphatic carbocycles. The van der Waals surface area contributed by atoms with E-state index in [2.05, 4.69) is 35.2 Å². The van der Waals surface area contributed by atoms with Crippen LogP contribution >= 0.6 is 0 Å². The Labute approximate surface area is 84.8 Å². The van der Waals surface area contributed by atoms with Gasteiger partial charge in [0.1, 0.15) is 5.76 Å².